The quantitative estimate of drug-likeness (QED) is 0.846. The predicted octanol–water partition coefficient (Wildman–Crippen LogP) is 3.40. The number of hydrogen-bond donors (Lipinski definition) is 0. The van der Waals surface area contributed by atoms with Crippen LogP contribution >= 0.6 is 0 Å². The maximum Gasteiger partial charge on any atom is 0.148 e. The Labute approximate surface area is 119 Å². The summed E-state index contributed by atoms with van der Waals surface area (Å²) in [6, 6.07) is 14.7. The molecule has 0 saturated carbocycles. The summed E-state index contributed by atoms with van der Waals surface area (Å²) >= 11 is 0. The van der Waals surface area contributed by atoms with Crippen molar-refractivity contribution >= 4 is 10.8 Å². The van der Waals surface area contributed by atoms with E-state index in [0.29, 0.717) is 13.0 Å². The molecule has 0 aromatic heterocycles. The molecule has 0 amide bonds. The topological polar surface area (TPSA) is 12.5 Å². The highest BCUT2D eigenvalue weighted by atomic mass is 19.1. The van der Waals surface area contributed by atoms with Crippen molar-refractivity contribution in [3.8, 4) is 0 Å². The standard InChI is InChI=1S/C17H20FNO/c1-20-13-17(18)9-10-19(12-17)11-15-7-4-6-14-5-2-3-8-16(14)15/h2-8H,9-13H2,1H3. The van der Waals surface area contributed by atoms with Crippen LogP contribution in [0.3, 0.4) is 0 Å². The Hall–Kier alpha value is -1.45. The number of benzene rings is 2. The van der Waals surface area contributed by atoms with Crippen molar-refractivity contribution in [2.24, 2.45) is 0 Å². The first-order chi connectivity index (χ1) is 9.70. The molecule has 0 bridgehead atoms. The van der Waals surface area contributed by atoms with Crippen LogP contribution in [0.1, 0.15) is 12.0 Å². The fourth-order valence-corrected chi connectivity index (χ4v) is 3.10. The third kappa shape index (κ3) is 2.69. The van der Waals surface area contributed by atoms with Crippen molar-refractivity contribution < 1.29 is 9.13 Å². The highest BCUT2D eigenvalue weighted by Crippen LogP contribution is 2.28. The summed E-state index contributed by atoms with van der Waals surface area (Å²) in [4.78, 5) is 2.18. The van der Waals surface area contributed by atoms with E-state index < -0.39 is 5.67 Å². The lowest BCUT2D eigenvalue weighted by Gasteiger charge is -2.20. The minimum atomic E-state index is -1.18. The van der Waals surface area contributed by atoms with E-state index in [9.17, 15) is 4.39 Å². The Morgan fingerprint density at radius 1 is 1.20 bits per heavy atom. The molecule has 1 aliphatic rings. The molecule has 1 fully saturated rings. The Morgan fingerprint density at radius 2 is 2.00 bits per heavy atom. The van der Waals surface area contributed by atoms with Crippen molar-refractivity contribution in [2.45, 2.75) is 18.6 Å². The minimum Gasteiger partial charge on any atom is -0.381 e. The molecule has 2 aromatic rings. The number of ether oxygens (including phenoxy) is 1. The van der Waals surface area contributed by atoms with Gasteiger partial charge in [0, 0.05) is 26.7 Å². The molecule has 0 spiro atoms. The summed E-state index contributed by atoms with van der Waals surface area (Å²) in [7, 11) is 1.56. The van der Waals surface area contributed by atoms with Gasteiger partial charge < -0.3 is 4.74 Å². The summed E-state index contributed by atoms with van der Waals surface area (Å²) < 4.78 is 19.4. The van der Waals surface area contributed by atoms with E-state index in [0.717, 1.165) is 13.1 Å². The number of likely N-dealkylation sites (tertiary alicyclic amines) is 1. The number of hydrogen-bond acceptors (Lipinski definition) is 2. The molecule has 0 radical (unpaired) electrons. The maximum absolute atomic E-state index is 14.4. The van der Waals surface area contributed by atoms with Crippen LogP contribution in [0, 0.1) is 0 Å². The largest absolute Gasteiger partial charge is 0.381 e. The van der Waals surface area contributed by atoms with Crippen molar-refractivity contribution in [3.05, 3.63) is 48.0 Å². The smallest absolute Gasteiger partial charge is 0.148 e. The van der Waals surface area contributed by atoms with Gasteiger partial charge in [0.05, 0.1) is 6.61 Å². The average Bonchev–Trinajstić information content (AvgIpc) is 2.81. The molecule has 3 heteroatoms. The number of halogens is 1. The van der Waals surface area contributed by atoms with Crippen LogP contribution in [0.15, 0.2) is 42.5 Å². The third-order valence-electron chi connectivity index (χ3n) is 4.06. The molecule has 20 heavy (non-hydrogen) atoms. The zero-order chi connectivity index (χ0) is 14.0. The molecule has 2 nitrogen and oxygen atoms in total. The lowest BCUT2D eigenvalue weighted by atomic mass is 10.0. The lowest BCUT2D eigenvalue weighted by Crippen LogP contribution is -2.33. The van der Waals surface area contributed by atoms with Gasteiger partial charge in [-0.2, -0.15) is 0 Å². The van der Waals surface area contributed by atoms with Gasteiger partial charge >= 0.3 is 0 Å². The van der Waals surface area contributed by atoms with Crippen LogP contribution in [-0.4, -0.2) is 37.4 Å². The normalized spacial score (nSPS) is 23.5. The van der Waals surface area contributed by atoms with E-state index in [1.54, 1.807) is 7.11 Å². The number of fused-ring (bicyclic) bond motifs is 1. The van der Waals surface area contributed by atoms with Crippen molar-refractivity contribution in [3.63, 3.8) is 0 Å². The molecule has 2 aromatic carbocycles. The van der Waals surface area contributed by atoms with Gasteiger partial charge in [0.15, 0.2) is 0 Å². The number of nitrogens with zero attached hydrogens (tertiary/aromatic N) is 1. The average molecular weight is 273 g/mol. The van der Waals surface area contributed by atoms with Gasteiger partial charge in [-0.15, -0.1) is 0 Å². The van der Waals surface area contributed by atoms with E-state index in [4.69, 9.17) is 4.74 Å². The Kier molecular flexibility index (Phi) is 3.72. The predicted molar refractivity (Wildman–Crippen MR) is 79.6 cm³/mol. The zero-order valence-electron chi connectivity index (χ0n) is 11.8. The van der Waals surface area contributed by atoms with E-state index in [-0.39, 0.29) is 6.61 Å². The summed E-state index contributed by atoms with van der Waals surface area (Å²) in [6.07, 6.45) is 0.561. The highest BCUT2D eigenvalue weighted by molar-refractivity contribution is 5.85. The zero-order valence-corrected chi connectivity index (χ0v) is 11.8. The van der Waals surface area contributed by atoms with E-state index >= 15 is 0 Å². The van der Waals surface area contributed by atoms with Gasteiger partial charge in [0.2, 0.25) is 0 Å². The van der Waals surface area contributed by atoms with Crippen molar-refractivity contribution in [1.29, 1.82) is 0 Å². The van der Waals surface area contributed by atoms with E-state index in [1.807, 2.05) is 6.07 Å². The second-order valence-electron chi connectivity index (χ2n) is 5.68. The van der Waals surface area contributed by atoms with Gasteiger partial charge in [-0.25, -0.2) is 4.39 Å². The van der Waals surface area contributed by atoms with Crippen LogP contribution in [-0.2, 0) is 11.3 Å². The van der Waals surface area contributed by atoms with Crippen LogP contribution < -0.4 is 0 Å². The van der Waals surface area contributed by atoms with Gasteiger partial charge in [-0.1, -0.05) is 42.5 Å². The summed E-state index contributed by atoms with van der Waals surface area (Å²) in [6.45, 7) is 2.25. The van der Waals surface area contributed by atoms with Crippen LogP contribution in [0.5, 0.6) is 0 Å². The Morgan fingerprint density at radius 3 is 2.85 bits per heavy atom. The SMILES string of the molecule is COCC1(F)CCN(Cc2cccc3ccccc23)C1. The number of rotatable bonds is 4. The monoisotopic (exact) mass is 273 g/mol. The first-order valence-electron chi connectivity index (χ1n) is 7.07. The lowest BCUT2D eigenvalue weighted by molar-refractivity contribution is 0.0468. The summed E-state index contributed by atoms with van der Waals surface area (Å²) in [5.74, 6) is 0. The molecule has 1 unspecified atom stereocenters. The van der Waals surface area contributed by atoms with Crippen molar-refractivity contribution in [1.82, 2.24) is 4.90 Å². The van der Waals surface area contributed by atoms with Gasteiger partial charge in [-0.05, 0) is 22.8 Å². The van der Waals surface area contributed by atoms with Crippen LogP contribution in [0.4, 0.5) is 4.39 Å². The fourth-order valence-electron chi connectivity index (χ4n) is 3.10. The minimum absolute atomic E-state index is 0.193. The Bertz CT molecular complexity index is 595. The van der Waals surface area contributed by atoms with Gasteiger partial charge in [0.25, 0.3) is 0 Å². The number of methoxy groups -OCH3 is 1. The van der Waals surface area contributed by atoms with E-state index in [2.05, 4.69) is 41.3 Å². The summed E-state index contributed by atoms with van der Waals surface area (Å²) in [5, 5.41) is 2.51. The van der Waals surface area contributed by atoms with Gasteiger partial charge in [0.1, 0.15) is 5.67 Å². The van der Waals surface area contributed by atoms with Crippen molar-refractivity contribution in [2.75, 3.05) is 26.8 Å². The molecule has 0 N–H and O–H groups in total. The van der Waals surface area contributed by atoms with Crippen LogP contribution in [0.25, 0.3) is 10.8 Å². The molecule has 1 saturated heterocycles. The van der Waals surface area contributed by atoms with Crippen LogP contribution in [0.2, 0.25) is 0 Å². The molecule has 0 aliphatic carbocycles. The molecule has 1 atom stereocenters. The third-order valence-corrected chi connectivity index (χ3v) is 4.06. The molecular formula is C17H20FNO. The molecule has 106 valence electrons. The highest BCUT2D eigenvalue weighted by Gasteiger charge is 2.38. The number of alkyl halides is 1. The molecule has 1 aliphatic heterocycles. The second kappa shape index (κ2) is 5.51. The fraction of sp³-hybridized carbons (Fsp3) is 0.412. The maximum atomic E-state index is 14.4. The first kappa shape index (κ1) is 13.5. The first-order valence-corrected chi connectivity index (χ1v) is 7.07. The van der Waals surface area contributed by atoms with Gasteiger partial charge in [-0.3, -0.25) is 4.90 Å². The van der Waals surface area contributed by atoms with E-state index in [1.165, 1.54) is 16.3 Å². The molecular weight excluding hydrogens is 253 g/mol. The summed E-state index contributed by atoms with van der Waals surface area (Å²) in [5.41, 5.74) is 0.0871. The second-order valence-corrected chi connectivity index (χ2v) is 5.68. The molecule has 1 heterocycles. The Balaban J connectivity index is 1.78. The molecule has 3 rings (SSSR count).